The molecule has 0 amide bonds. The lowest BCUT2D eigenvalue weighted by Crippen LogP contribution is -2.38. The summed E-state index contributed by atoms with van der Waals surface area (Å²) in [6.07, 6.45) is 2.78. The van der Waals surface area contributed by atoms with Gasteiger partial charge >= 0.3 is 5.97 Å². The summed E-state index contributed by atoms with van der Waals surface area (Å²) in [5, 5.41) is 9.22. The van der Waals surface area contributed by atoms with Crippen LogP contribution >= 0.6 is 0 Å². The van der Waals surface area contributed by atoms with Crippen LogP contribution in [0.15, 0.2) is 66.7 Å². The van der Waals surface area contributed by atoms with Gasteiger partial charge in [-0.2, -0.15) is 0 Å². The van der Waals surface area contributed by atoms with Crippen molar-refractivity contribution in [1.29, 1.82) is 0 Å². The number of carboxylic acids is 1. The fraction of sp³-hybridized carbons (Fsp3) is 0.240. The van der Waals surface area contributed by atoms with E-state index in [9.17, 15) is 9.90 Å². The summed E-state index contributed by atoms with van der Waals surface area (Å²) >= 11 is 0. The predicted molar refractivity (Wildman–Crippen MR) is 111 cm³/mol. The molecule has 0 bridgehead atoms. The van der Waals surface area contributed by atoms with Crippen LogP contribution in [0.3, 0.4) is 0 Å². The Bertz CT molecular complexity index is 1040. The molecule has 28 heavy (non-hydrogen) atoms. The standard InChI is InChI=1S/C25H24O3/c1-17-5-3-6-18(13-17)16-25(2)12-11-21-14-20(9-10-23(21)28-25)19-7-4-8-22(15-19)24(26)27/h3-10,13-15H,11-12,16H2,1-2H3,(H,26,27). The number of aryl methyl sites for hydroxylation is 2. The molecule has 0 aliphatic carbocycles. The monoisotopic (exact) mass is 372 g/mol. The highest BCUT2D eigenvalue weighted by molar-refractivity contribution is 5.89. The van der Waals surface area contributed by atoms with E-state index in [0.29, 0.717) is 5.56 Å². The summed E-state index contributed by atoms with van der Waals surface area (Å²) in [7, 11) is 0. The predicted octanol–water partition coefficient (Wildman–Crippen LogP) is 5.69. The summed E-state index contributed by atoms with van der Waals surface area (Å²) in [5.41, 5.74) is 5.77. The second kappa shape index (κ2) is 7.16. The maximum Gasteiger partial charge on any atom is 0.335 e. The van der Waals surface area contributed by atoms with Crippen molar-refractivity contribution in [3.05, 3.63) is 89.0 Å². The molecule has 4 rings (SSSR count). The molecule has 1 atom stereocenters. The van der Waals surface area contributed by atoms with Gasteiger partial charge in [0.05, 0.1) is 5.56 Å². The summed E-state index contributed by atoms with van der Waals surface area (Å²) in [6, 6.07) is 21.8. The van der Waals surface area contributed by atoms with Gasteiger partial charge in [0.2, 0.25) is 0 Å². The summed E-state index contributed by atoms with van der Waals surface area (Å²) < 4.78 is 6.42. The lowest BCUT2D eigenvalue weighted by Gasteiger charge is -2.36. The first-order valence-electron chi connectivity index (χ1n) is 9.63. The third-order valence-electron chi connectivity index (χ3n) is 5.44. The largest absolute Gasteiger partial charge is 0.487 e. The molecule has 0 saturated heterocycles. The number of carboxylic acid groups (broad SMARTS) is 1. The van der Waals surface area contributed by atoms with Gasteiger partial charge in [0, 0.05) is 6.42 Å². The first kappa shape index (κ1) is 18.3. The average molecular weight is 372 g/mol. The smallest absolute Gasteiger partial charge is 0.335 e. The van der Waals surface area contributed by atoms with Crippen molar-refractivity contribution >= 4 is 5.97 Å². The van der Waals surface area contributed by atoms with E-state index in [2.05, 4.69) is 44.2 Å². The number of fused-ring (bicyclic) bond motifs is 1. The lowest BCUT2D eigenvalue weighted by molar-refractivity contribution is 0.0653. The molecule has 142 valence electrons. The number of hydrogen-bond acceptors (Lipinski definition) is 2. The lowest BCUT2D eigenvalue weighted by atomic mass is 9.86. The Labute approximate surface area is 165 Å². The molecular formula is C25H24O3. The minimum absolute atomic E-state index is 0.217. The van der Waals surface area contributed by atoms with E-state index in [-0.39, 0.29) is 5.60 Å². The molecule has 3 aromatic rings. The van der Waals surface area contributed by atoms with E-state index in [1.165, 1.54) is 16.7 Å². The van der Waals surface area contributed by atoms with Crippen molar-refractivity contribution in [3.8, 4) is 16.9 Å². The van der Waals surface area contributed by atoms with Gasteiger partial charge in [-0.05, 0) is 73.2 Å². The molecule has 1 heterocycles. The number of hydrogen-bond donors (Lipinski definition) is 1. The van der Waals surface area contributed by atoms with Gasteiger partial charge in [0.1, 0.15) is 11.4 Å². The summed E-state index contributed by atoms with van der Waals surface area (Å²) in [5.74, 6) is 0.0228. The Kier molecular flexibility index (Phi) is 4.68. The molecule has 0 aromatic heterocycles. The molecule has 0 radical (unpaired) electrons. The van der Waals surface area contributed by atoms with Crippen molar-refractivity contribution in [2.75, 3.05) is 0 Å². The van der Waals surface area contributed by atoms with Gasteiger partial charge in [-0.25, -0.2) is 4.79 Å². The van der Waals surface area contributed by atoms with E-state index in [4.69, 9.17) is 4.74 Å². The molecule has 0 spiro atoms. The third-order valence-corrected chi connectivity index (χ3v) is 5.44. The van der Waals surface area contributed by atoms with Crippen molar-refractivity contribution in [1.82, 2.24) is 0 Å². The fourth-order valence-corrected chi connectivity index (χ4v) is 3.98. The van der Waals surface area contributed by atoms with Crippen LogP contribution in [0.2, 0.25) is 0 Å². The number of aromatic carboxylic acids is 1. The van der Waals surface area contributed by atoms with Gasteiger partial charge < -0.3 is 9.84 Å². The van der Waals surface area contributed by atoms with Crippen molar-refractivity contribution < 1.29 is 14.6 Å². The summed E-state index contributed by atoms with van der Waals surface area (Å²) in [6.45, 7) is 4.30. The van der Waals surface area contributed by atoms with Crippen LogP contribution in [0.1, 0.15) is 40.4 Å². The minimum Gasteiger partial charge on any atom is -0.487 e. The zero-order valence-electron chi connectivity index (χ0n) is 16.2. The van der Waals surface area contributed by atoms with E-state index >= 15 is 0 Å². The Balaban J connectivity index is 1.57. The molecule has 3 nitrogen and oxygen atoms in total. The molecular weight excluding hydrogens is 348 g/mol. The normalized spacial score (nSPS) is 18.2. The van der Waals surface area contributed by atoms with Crippen LogP contribution in [0.25, 0.3) is 11.1 Å². The summed E-state index contributed by atoms with van der Waals surface area (Å²) in [4.78, 5) is 11.2. The topological polar surface area (TPSA) is 46.5 Å². The van der Waals surface area contributed by atoms with Gasteiger partial charge in [0.25, 0.3) is 0 Å². The first-order chi connectivity index (χ1) is 13.4. The average Bonchev–Trinajstić information content (AvgIpc) is 2.67. The Morgan fingerprint density at radius 2 is 1.82 bits per heavy atom. The van der Waals surface area contributed by atoms with Gasteiger partial charge in [-0.15, -0.1) is 0 Å². The van der Waals surface area contributed by atoms with Gasteiger partial charge in [-0.3, -0.25) is 0 Å². The first-order valence-corrected chi connectivity index (χ1v) is 9.63. The highest BCUT2D eigenvalue weighted by atomic mass is 16.5. The molecule has 1 unspecified atom stereocenters. The van der Waals surface area contributed by atoms with Gasteiger partial charge in [0.15, 0.2) is 0 Å². The molecule has 0 saturated carbocycles. The van der Waals surface area contributed by atoms with E-state index in [1.54, 1.807) is 18.2 Å². The second-order valence-corrected chi connectivity index (χ2v) is 7.93. The van der Waals surface area contributed by atoms with Crippen molar-refractivity contribution in [2.45, 2.75) is 38.7 Å². The maximum absolute atomic E-state index is 11.2. The Hall–Kier alpha value is -3.07. The Morgan fingerprint density at radius 3 is 2.61 bits per heavy atom. The van der Waals surface area contributed by atoms with Crippen LogP contribution in [0.5, 0.6) is 5.75 Å². The highest BCUT2D eigenvalue weighted by Gasteiger charge is 2.32. The van der Waals surface area contributed by atoms with E-state index < -0.39 is 5.97 Å². The second-order valence-electron chi connectivity index (χ2n) is 7.93. The molecule has 1 aliphatic rings. The third kappa shape index (κ3) is 3.79. The maximum atomic E-state index is 11.2. The minimum atomic E-state index is -0.907. The van der Waals surface area contributed by atoms with Crippen molar-refractivity contribution in [3.63, 3.8) is 0 Å². The number of carbonyl (C=O) groups is 1. The molecule has 0 fully saturated rings. The van der Waals surface area contributed by atoms with Crippen LogP contribution in [0, 0.1) is 6.92 Å². The molecule has 1 N–H and O–H groups in total. The van der Waals surface area contributed by atoms with Crippen LogP contribution < -0.4 is 4.74 Å². The zero-order valence-corrected chi connectivity index (χ0v) is 16.2. The van der Waals surface area contributed by atoms with Gasteiger partial charge in [-0.1, -0.05) is 48.0 Å². The number of benzene rings is 3. The highest BCUT2D eigenvalue weighted by Crippen LogP contribution is 2.37. The molecule has 3 heteroatoms. The fourth-order valence-electron chi connectivity index (χ4n) is 3.98. The number of rotatable bonds is 4. The van der Waals surface area contributed by atoms with Crippen LogP contribution in [-0.4, -0.2) is 16.7 Å². The van der Waals surface area contributed by atoms with Crippen molar-refractivity contribution in [2.24, 2.45) is 0 Å². The molecule has 1 aliphatic heterocycles. The SMILES string of the molecule is Cc1cccc(CC2(C)CCc3cc(-c4cccc(C(=O)O)c4)ccc3O2)c1. The number of ether oxygens (including phenoxy) is 1. The van der Waals surface area contributed by atoms with E-state index in [0.717, 1.165) is 36.1 Å². The van der Waals surface area contributed by atoms with E-state index in [1.807, 2.05) is 18.2 Å². The molecule has 3 aromatic carbocycles. The zero-order chi connectivity index (χ0) is 19.7. The Morgan fingerprint density at radius 1 is 1.04 bits per heavy atom. The quantitative estimate of drug-likeness (QED) is 0.640. The van der Waals surface area contributed by atoms with Crippen LogP contribution in [0.4, 0.5) is 0 Å². The van der Waals surface area contributed by atoms with Crippen LogP contribution in [-0.2, 0) is 12.8 Å².